The van der Waals surface area contributed by atoms with Crippen molar-refractivity contribution in [2.24, 2.45) is 0 Å². The fourth-order valence-electron chi connectivity index (χ4n) is 3.35. The number of ether oxygens (including phenoxy) is 1. The van der Waals surface area contributed by atoms with Gasteiger partial charge in [0.15, 0.2) is 0 Å². The Labute approximate surface area is 183 Å². The predicted octanol–water partition coefficient (Wildman–Crippen LogP) is 4.84. The number of carbonyl (C=O) groups is 1. The number of amides is 2. The van der Waals surface area contributed by atoms with Gasteiger partial charge in [-0.25, -0.2) is 9.18 Å². The van der Waals surface area contributed by atoms with E-state index < -0.39 is 5.82 Å². The minimum Gasteiger partial charge on any atom is -0.487 e. The number of aromatic nitrogens is 2. The van der Waals surface area contributed by atoms with E-state index in [1.165, 1.54) is 12.1 Å². The summed E-state index contributed by atoms with van der Waals surface area (Å²) in [5.41, 5.74) is 1.83. The molecule has 0 atom stereocenters. The number of anilines is 1. The molecule has 1 aliphatic heterocycles. The maximum atomic E-state index is 13.7. The van der Waals surface area contributed by atoms with Crippen LogP contribution in [0.2, 0.25) is 0 Å². The van der Waals surface area contributed by atoms with Gasteiger partial charge in [0.25, 0.3) is 5.89 Å². The average Bonchev–Trinajstić information content (AvgIpc) is 3.29. The molecule has 2 amide bonds. The van der Waals surface area contributed by atoms with Crippen LogP contribution < -0.4 is 10.1 Å². The van der Waals surface area contributed by atoms with Gasteiger partial charge in [-0.2, -0.15) is 4.98 Å². The molecule has 1 fully saturated rings. The highest BCUT2D eigenvalue weighted by molar-refractivity contribution is 5.90. The number of nitrogens with zero attached hydrogens (tertiary/aromatic N) is 3. The molecule has 0 saturated carbocycles. The number of benzene rings is 3. The molecule has 1 aromatic heterocycles. The van der Waals surface area contributed by atoms with E-state index >= 15 is 0 Å². The lowest BCUT2D eigenvalue weighted by Gasteiger charge is -2.38. The summed E-state index contributed by atoms with van der Waals surface area (Å²) >= 11 is 0. The van der Waals surface area contributed by atoms with Crippen LogP contribution >= 0.6 is 0 Å². The van der Waals surface area contributed by atoms with E-state index in [1.54, 1.807) is 17.0 Å². The number of rotatable bonds is 5. The zero-order valence-corrected chi connectivity index (χ0v) is 16.9. The van der Waals surface area contributed by atoms with Crippen LogP contribution in [0, 0.1) is 5.82 Å². The molecule has 0 unspecified atom stereocenters. The molecule has 0 bridgehead atoms. The zero-order chi connectivity index (χ0) is 21.9. The number of para-hydroxylation sites is 1. The van der Waals surface area contributed by atoms with Gasteiger partial charge in [0.1, 0.15) is 17.7 Å². The summed E-state index contributed by atoms with van der Waals surface area (Å²) in [5.74, 6) is 1.17. The smallest absolute Gasteiger partial charge is 0.322 e. The Hall–Kier alpha value is -4.20. The molecule has 0 radical (unpaired) electrons. The van der Waals surface area contributed by atoms with Gasteiger partial charge in [-0.15, -0.1) is 0 Å². The second-order valence-electron chi connectivity index (χ2n) is 7.37. The van der Waals surface area contributed by atoms with E-state index in [-0.39, 0.29) is 17.8 Å². The minimum absolute atomic E-state index is 0.125. The SMILES string of the molecule is O=C(Nc1ccccc1F)N1CC(Oc2ccc(-c3nc(-c4ccccc4)no3)cc2)C1. The van der Waals surface area contributed by atoms with Gasteiger partial charge >= 0.3 is 6.03 Å². The van der Waals surface area contributed by atoms with Crippen LogP contribution in [0.25, 0.3) is 22.8 Å². The molecule has 3 aromatic carbocycles. The van der Waals surface area contributed by atoms with Crippen LogP contribution in [0.5, 0.6) is 5.75 Å². The Morgan fingerprint density at radius 3 is 2.44 bits per heavy atom. The van der Waals surface area contributed by atoms with E-state index in [0.717, 1.165) is 11.1 Å². The van der Waals surface area contributed by atoms with Gasteiger partial charge in [0.2, 0.25) is 5.82 Å². The highest BCUT2D eigenvalue weighted by Gasteiger charge is 2.32. The van der Waals surface area contributed by atoms with Gasteiger partial charge in [-0.1, -0.05) is 47.6 Å². The fourth-order valence-corrected chi connectivity index (χ4v) is 3.35. The molecule has 4 aromatic rings. The van der Waals surface area contributed by atoms with Crippen molar-refractivity contribution in [2.45, 2.75) is 6.10 Å². The lowest BCUT2D eigenvalue weighted by molar-refractivity contribution is 0.0493. The molecule has 1 aliphatic rings. The second kappa shape index (κ2) is 8.50. The molecule has 0 spiro atoms. The molecule has 7 nitrogen and oxygen atoms in total. The highest BCUT2D eigenvalue weighted by Crippen LogP contribution is 2.26. The van der Waals surface area contributed by atoms with Crippen molar-refractivity contribution >= 4 is 11.7 Å². The van der Waals surface area contributed by atoms with Gasteiger partial charge in [0.05, 0.1) is 18.8 Å². The number of likely N-dealkylation sites (tertiary alicyclic amines) is 1. The average molecular weight is 430 g/mol. The standard InChI is InChI=1S/C24H19FN4O3/c25-20-8-4-5-9-21(20)26-24(30)29-14-19(15-29)31-18-12-10-17(11-13-18)23-27-22(28-32-23)16-6-2-1-3-7-16/h1-13,19H,14-15H2,(H,26,30). The summed E-state index contributed by atoms with van der Waals surface area (Å²) in [4.78, 5) is 18.2. The van der Waals surface area contributed by atoms with Gasteiger partial charge < -0.3 is 19.5 Å². The third-order valence-corrected chi connectivity index (χ3v) is 5.11. The zero-order valence-electron chi connectivity index (χ0n) is 16.9. The van der Waals surface area contributed by atoms with Gasteiger partial charge in [0, 0.05) is 11.1 Å². The van der Waals surface area contributed by atoms with E-state index in [4.69, 9.17) is 9.26 Å². The lowest BCUT2D eigenvalue weighted by Crippen LogP contribution is -2.57. The number of hydrogen-bond donors (Lipinski definition) is 1. The Balaban J connectivity index is 1.15. The number of nitrogens with one attached hydrogen (secondary N) is 1. The van der Waals surface area contributed by atoms with Crippen LogP contribution in [0.15, 0.2) is 83.4 Å². The van der Waals surface area contributed by atoms with Crippen molar-refractivity contribution in [2.75, 3.05) is 18.4 Å². The Morgan fingerprint density at radius 1 is 0.969 bits per heavy atom. The topological polar surface area (TPSA) is 80.5 Å². The summed E-state index contributed by atoms with van der Waals surface area (Å²) in [6.45, 7) is 0.846. The highest BCUT2D eigenvalue weighted by atomic mass is 19.1. The number of urea groups is 1. The van der Waals surface area contributed by atoms with Crippen molar-refractivity contribution in [3.8, 4) is 28.6 Å². The van der Waals surface area contributed by atoms with E-state index in [0.29, 0.717) is 30.6 Å². The van der Waals surface area contributed by atoms with E-state index in [1.807, 2.05) is 54.6 Å². The summed E-state index contributed by atoms with van der Waals surface area (Å²) < 4.78 is 25.0. The first-order valence-electron chi connectivity index (χ1n) is 10.1. The fraction of sp³-hybridized carbons (Fsp3) is 0.125. The second-order valence-corrected chi connectivity index (χ2v) is 7.37. The van der Waals surface area contributed by atoms with Crippen LogP contribution in [-0.4, -0.2) is 40.3 Å². The Morgan fingerprint density at radius 2 is 1.69 bits per heavy atom. The lowest BCUT2D eigenvalue weighted by atomic mass is 10.1. The molecule has 2 heterocycles. The summed E-state index contributed by atoms with van der Waals surface area (Å²) in [7, 11) is 0. The van der Waals surface area contributed by atoms with Crippen LogP contribution in [0.3, 0.4) is 0 Å². The van der Waals surface area contributed by atoms with Crippen LogP contribution in [-0.2, 0) is 0 Å². The molecular weight excluding hydrogens is 411 g/mol. The first-order chi connectivity index (χ1) is 15.7. The monoisotopic (exact) mass is 430 g/mol. The largest absolute Gasteiger partial charge is 0.487 e. The van der Waals surface area contributed by atoms with Crippen molar-refractivity contribution in [3.05, 3.63) is 84.7 Å². The third-order valence-electron chi connectivity index (χ3n) is 5.11. The first kappa shape index (κ1) is 19.7. The van der Waals surface area contributed by atoms with Crippen molar-refractivity contribution in [1.29, 1.82) is 0 Å². The predicted molar refractivity (Wildman–Crippen MR) is 117 cm³/mol. The summed E-state index contributed by atoms with van der Waals surface area (Å²) in [6.07, 6.45) is -0.125. The normalized spacial score (nSPS) is 13.5. The number of halogens is 1. The maximum absolute atomic E-state index is 13.7. The Kier molecular flexibility index (Phi) is 5.25. The minimum atomic E-state index is -0.466. The van der Waals surface area contributed by atoms with Crippen molar-refractivity contribution in [3.63, 3.8) is 0 Å². The van der Waals surface area contributed by atoms with Crippen molar-refractivity contribution in [1.82, 2.24) is 15.0 Å². The molecule has 1 N–H and O–H groups in total. The number of carbonyl (C=O) groups excluding carboxylic acids is 1. The molecule has 5 rings (SSSR count). The van der Waals surface area contributed by atoms with Gasteiger partial charge in [-0.05, 0) is 36.4 Å². The van der Waals surface area contributed by atoms with Gasteiger partial charge in [-0.3, -0.25) is 0 Å². The molecule has 0 aliphatic carbocycles. The van der Waals surface area contributed by atoms with Crippen molar-refractivity contribution < 1.29 is 18.4 Å². The quantitative estimate of drug-likeness (QED) is 0.490. The van der Waals surface area contributed by atoms with E-state index in [9.17, 15) is 9.18 Å². The number of hydrogen-bond acceptors (Lipinski definition) is 5. The van der Waals surface area contributed by atoms with Crippen LogP contribution in [0.4, 0.5) is 14.9 Å². The summed E-state index contributed by atoms with van der Waals surface area (Å²) in [5, 5.41) is 6.60. The first-order valence-corrected chi connectivity index (χ1v) is 10.1. The maximum Gasteiger partial charge on any atom is 0.322 e. The molecule has 32 heavy (non-hydrogen) atoms. The van der Waals surface area contributed by atoms with E-state index in [2.05, 4.69) is 15.5 Å². The Bertz CT molecular complexity index is 1220. The third kappa shape index (κ3) is 4.15. The molecule has 8 heteroatoms. The molecule has 1 saturated heterocycles. The molecular formula is C24H19FN4O3. The van der Waals surface area contributed by atoms with Crippen LogP contribution in [0.1, 0.15) is 0 Å². The molecule has 160 valence electrons. The summed E-state index contributed by atoms with van der Waals surface area (Å²) in [6, 6.07) is 22.7.